The van der Waals surface area contributed by atoms with Gasteiger partial charge in [-0.2, -0.15) is 0 Å². The van der Waals surface area contributed by atoms with Crippen LogP contribution in [-0.4, -0.2) is 23.4 Å². The zero-order chi connectivity index (χ0) is 13.3. The minimum absolute atomic E-state index is 0. The zero-order valence-corrected chi connectivity index (χ0v) is 12.8. The van der Waals surface area contributed by atoms with Crippen LogP contribution < -0.4 is 5.73 Å². The first-order chi connectivity index (χ1) is 8.50. The molecule has 1 aromatic carbocycles. The van der Waals surface area contributed by atoms with Gasteiger partial charge < -0.3 is 10.6 Å². The molecular weight excluding hydrogens is 283 g/mol. The van der Waals surface area contributed by atoms with Crippen molar-refractivity contribution in [2.45, 2.75) is 32.7 Å². The third-order valence-electron chi connectivity index (χ3n) is 3.86. The summed E-state index contributed by atoms with van der Waals surface area (Å²) in [4.78, 5) is 14.4. The second-order valence-electron chi connectivity index (χ2n) is 5.10. The van der Waals surface area contributed by atoms with Crippen molar-refractivity contribution in [3.8, 4) is 0 Å². The van der Waals surface area contributed by atoms with E-state index in [0.29, 0.717) is 22.2 Å². The first-order valence-corrected chi connectivity index (χ1v) is 6.74. The number of hydrogen-bond donors (Lipinski definition) is 1. The van der Waals surface area contributed by atoms with E-state index in [0.717, 1.165) is 13.0 Å². The maximum atomic E-state index is 12.5. The maximum Gasteiger partial charge on any atom is 0.255 e. The first-order valence-electron chi connectivity index (χ1n) is 6.36. The molecule has 0 bridgehead atoms. The molecule has 1 aliphatic heterocycles. The summed E-state index contributed by atoms with van der Waals surface area (Å²) < 4.78 is 0. The molecule has 2 rings (SSSR count). The Labute approximate surface area is 125 Å². The maximum absolute atomic E-state index is 12.5. The Kier molecular flexibility index (Phi) is 5.50. The molecule has 1 amide bonds. The largest absolute Gasteiger partial charge is 0.399 e. The van der Waals surface area contributed by atoms with Crippen LogP contribution >= 0.6 is 24.0 Å². The Morgan fingerprint density at radius 1 is 1.42 bits per heavy atom. The lowest BCUT2D eigenvalue weighted by atomic mass is 9.91. The number of likely N-dealkylation sites (tertiary alicyclic amines) is 1. The van der Waals surface area contributed by atoms with Crippen LogP contribution in [0.1, 0.15) is 37.0 Å². The average Bonchev–Trinajstić information content (AvgIpc) is 2.32. The van der Waals surface area contributed by atoms with Gasteiger partial charge in [0, 0.05) is 18.3 Å². The van der Waals surface area contributed by atoms with Gasteiger partial charge in [-0.25, -0.2) is 0 Å². The number of anilines is 1. The van der Waals surface area contributed by atoms with Gasteiger partial charge in [-0.3, -0.25) is 4.79 Å². The summed E-state index contributed by atoms with van der Waals surface area (Å²) in [6, 6.07) is 5.33. The van der Waals surface area contributed by atoms with Crippen molar-refractivity contribution in [1.29, 1.82) is 0 Å². The van der Waals surface area contributed by atoms with Gasteiger partial charge >= 0.3 is 0 Å². The number of amides is 1. The SMILES string of the molecule is CC1CCCN(C(=O)c2ccc(N)cc2Cl)C1C.Cl. The summed E-state index contributed by atoms with van der Waals surface area (Å²) in [6.07, 6.45) is 2.24. The lowest BCUT2D eigenvalue weighted by Gasteiger charge is -2.38. The smallest absolute Gasteiger partial charge is 0.255 e. The summed E-state index contributed by atoms with van der Waals surface area (Å²) >= 11 is 6.10. The Hall–Kier alpha value is -0.930. The van der Waals surface area contributed by atoms with E-state index in [1.165, 1.54) is 6.42 Å². The van der Waals surface area contributed by atoms with Gasteiger partial charge in [0.2, 0.25) is 0 Å². The van der Waals surface area contributed by atoms with Crippen molar-refractivity contribution in [2.75, 3.05) is 12.3 Å². The molecule has 0 aliphatic carbocycles. The molecular formula is C14H20Cl2N2O. The van der Waals surface area contributed by atoms with Crippen LogP contribution in [0.3, 0.4) is 0 Å². The van der Waals surface area contributed by atoms with E-state index in [9.17, 15) is 4.79 Å². The fourth-order valence-corrected chi connectivity index (χ4v) is 2.75. The van der Waals surface area contributed by atoms with E-state index < -0.39 is 0 Å². The summed E-state index contributed by atoms with van der Waals surface area (Å²) in [5.74, 6) is 0.550. The molecule has 1 saturated heterocycles. The number of nitrogen functional groups attached to an aromatic ring is 1. The molecule has 0 aromatic heterocycles. The van der Waals surface area contributed by atoms with Crippen molar-refractivity contribution in [3.63, 3.8) is 0 Å². The second kappa shape index (κ2) is 6.49. The molecule has 1 aromatic rings. The van der Waals surface area contributed by atoms with E-state index in [2.05, 4.69) is 13.8 Å². The fraction of sp³-hybridized carbons (Fsp3) is 0.500. The molecule has 1 heterocycles. The molecule has 2 atom stereocenters. The summed E-state index contributed by atoms with van der Waals surface area (Å²) in [7, 11) is 0. The molecule has 5 heteroatoms. The third-order valence-corrected chi connectivity index (χ3v) is 4.17. The minimum Gasteiger partial charge on any atom is -0.399 e. The Morgan fingerprint density at radius 2 is 2.11 bits per heavy atom. The zero-order valence-electron chi connectivity index (χ0n) is 11.2. The number of carbonyl (C=O) groups excluding carboxylic acids is 1. The van der Waals surface area contributed by atoms with Crippen molar-refractivity contribution in [1.82, 2.24) is 4.90 Å². The Morgan fingerprint density at radius 3 is 2.74 bits per heavy atom. The fourth-order valence-electron chi connectivity index (χ4n) is 2.48. The average molecular weight is 303 g/mol. The number of rotatable bonds is 1. The first kappa shape index (κ1) is 16.1. The monoisotopic (exact) mass is 302 g/mol. The standard InChI is InChI=1S/C14H19ClN2O.ClH/c1-9-4-3-7-17(10(9)2)14(18)12-6-5-11(16)8-13(12)15;/h5-6,8-10H,3-4,7,16H2,1-2H3;1H. The molecule has 0 saturated carbocycles. The summed E-state index contributed by atoms with van der Waals surface area (Å²) in [6.45, 7) is 5.10. The lowest BCUT2D eigenvalue weighted by molar-refractivity contribution is 0.0551. The van der Waals surface area contributed by atoms with Gasteiger partial charge in [-0.05, 0) is 43.9 Å². The van der Waals surface area contributed by atoms with Crippen LogP contribution in [0.2, 0.25) is 5.02 Å². The van der Waals surface area contributed by atoms with Crippen LogP contribution in [0.15, 0.2) is 18.2 Å². The molecule has 106 valence electrons. The number of hydrogen-bond acceptors (Lipinski definition) is 2. The van der Waals surface area contributed by atoms with Crippen LogP contribution in [0.4, 0.5) is 5.69 Å². The highest BCUT2D eigenvalue weighted by Gasteiger charge is 2.29. The predicted octanol–water partition coefficient (Wildman–Crippen LogP) is 3.60. The molecule has 19 heavy (non-hydrogen) atoms. The van der Waals surface area contributed by atoms with Gasteiger partial charge in [-0.1, -0.05) is 18.5 Å². The molecule has 3 nitrogen and oxygen atoms in total. The molecule has 0 spiro atoms. The number of nitrogens with two attached hydrogens (primary N) is 1. The van der Waals surface area contributed by atoms with Crippen LogP contribution in [0, 0.1) is 5.92 Å². The van der Waals surface area contributed by atoms with Gasteiger partial charge in [0.1, 0.15) is 0 Å². The Bertz CT molecular complexity index is 465. The highest BCUT2D eigenvalue weighted by molar-refractivity contribution is 6.34. The van der Waals surface area contributed by atoms with Gasteiger partial charge in [-0.15, -0.1) is 12.4 Å². The summed E-state index contributed by atoms with van der Waals surface area (Å²) in [5, 5.41) is 0.436. The normalized spacial score (nSPS) is 22.8. The van der Waals surface area contributed by atoms with E-state index in [1.54, 1.807) is 18.2 Å². The van der Waals surface area contributed by atoms with Gasteiger partial charge in [0.05, 0.1) is 10.6 Å². The quantitative estimate of drug-likeness (QED) is 0.806. The van der Waals surface area contributed by atoms with E-state index in [1.807, 2.05) is 4.90 Å². The summed E-state index contributed by atoms with van der Waals surface area (Å²) in [5.41, 5.74) is 6.77. The lowest BCUT2D eigenvalue weighted by Crippen LogP contribution is -2.46. The highest BCUT2D eigenvalue weighted by Crippen LogP contribution is 2.27. The second-order valence-corrected chi connectivity index (χ2v) is 5.51. The number of piperidine rings is 1. The number of halogens is 2. The van der Waals surface area contributed by atoms with Gasteiger partial charge in [0.25, 0.3) is 5.91 Å². The molecule has 1 fully saturated rings. The van der Waals surface area contributed by atoms with Crippen LogP contribution in [0.25, 0.3) is 0 Å². The van der Waals surface area contributed by atoms with E-state index >= 15 is 0 Å². The van der Waals surface area contributed by atoms with Gasteiger partial charge in [0.15, 0.2) is 0 Å². The Balaban J connectivity index is 0.00000180. The molecule has 0 radical (unpaired) electrons. The van der Waals surface area contributed by atoms with E-state index in [-0.39, 0.29) is 24.4 Å². The van der Waals surface area contributed by atoms with E-state index in [4.69, 9.17) is 17.3 Å². The van der Waals surface area contributed by atoms with Crippen molar-refractivity contribution < 1.29 is 4.79 Å². The van der Waals surface area contributed by atoms with Crippen LogP contribution in [-0.2, 0) is 0 Å². The van der Waals surface area contributed by atoms with Crippen molar-refractivity contribution in [3.05, 3.63) is 28.8 Å². The number of benzene rings is 1. The highest BCUT2D eigenvalue weighted by atomic mass is 35.5. The molecule has 2 unspecified atom stereocenters. The number of nitrogens with zero attached hydrogens (tertiary/aromatic N) is 1. The molecule has 2 N–H and O–H groups in total. The minimum atomic E-state index is 0. The van der Waals surface area contributed by atoms with Crippen molar-refractivity contribution >= 4 is 35.6 Å². The number of carbonyl (C=O) groups is 1. The van der Waals surface area contributed by atoms with Crippen LogP contribution in [0.5, 0.6) is 0 Å². The predicted molar refractivity (Wildman–Crippen MR) is 82.0 cm³/mol. The third kappa shape index (κ3) is 3.34. The molecule has 1 aliphatic rings. The topological polar surface area (TPSA) is 46.3 Å². The van der Waals surface area contributed by atoms with Crippen molar-refractivity contribution in [2.24, 2.45) is 5.92 Å².